The highest BCUT2D eigenvalue weighted by Crippen LogP contribution is 2.43. The molecule has 3 aliphatic rings. The number of pyridine rings is 1. The molecule has 3 aliphatic heterocycles. The van der Waals surface area contributed by atoms with Crippen LogP contribution in [0.3, 0.4) is 0 Å². The number of hydrogen-bond donors (Lipinski definition) is 2. The second kappa shape index (κ2) is 20.3. The molecule has 3 atom stereocenters. The van der Waals surface area contributed by atoms with Gasteiger partial charge in [-0.25, -0.2) is 20.0 Å². The second-order valence-electron chi connectivity index (χ2n) is 19.6. The predicted molar refractivity (Wildman–Crippen MR) is 261 cm³/mol. The van der Waals surface area contributed by atoms with Gasteiger partial charge in [-0.3, -0.25) is 19.6 Å². The van der Waals surface area contributed by atoms with Gasteiger partial charge < -0.3 is 38.6 Å². The summed E-state index contributed by atoms with van der Waals surface area (Å²) in [5.41, 5.74) is 10.1. The third-order valence-corrected chi connectivity index (χ3v) is 13.6. The van der Waals surface area contributed by atoms with Gasteiger partial charge in [0.2, 0.25) is 0 Å². The summed E-state index contributed by atoms with van der Waals surface area (Å²) in [5.74, 6) is -0.845. The fourth-order valence-electron chi connectivity index (χ4n) is 9.18. The van der Waals surface area contributed by atoms with Crippen LogP contribution in [0.1, 0.15) is 89.2 Å². The number of aromatic nitrogens is 3. The Morgan fingerprint density at radius 2 is 1.81 bits per heavy atom. The molecule has 6 heterocycles. The number of hydrazine groups is 1. The number of fused-ring (bicyclic) bond motifs is 6. The van der Waals surface area contributed by atoms with Gasteiger partial charge in [0, 0.05) is 85.6 Å². The third-order valence-electron chi connectivity index (χ3n) is 12.7. The number of rotatable bonds is 8. The smallest absolute Gasteiger partial charge is 0.410 e. The molecule has 5 aromatic rings. The van der Waals surface area contributed by atoms with Crippen LogP contribution in [0.2, 0.25) is 0 Å². The highest BCUT2D eigenvalue weighted by atomic mass is 32.1. The maximum absolute atomic E-state index is 14.2. The average molecular weight is 949 g/mol. The number of nitrogens with one attached hydrogen (secondary N) is 2. The zero-order chi connectivity index (χ0) is 48.3. The molecule has 8 rings (SSSR count). The van der Waals surface area contributed by atoms with Crippen LogP contribution in [0.15, 0.2) is 66.2 Å². The van der Waals surface area contributed by atoms with Crippen LogP contribution in [0, 0.1) is 5.41 Å². The first-order valence-corrected chi connectivity index (χ1v) is 24.5. The predicted octanol–water partition coefficient (Wildman–Crippen LogP) is 8.07. The van der Waals surface area contributed by atoms with E-state index in [1.54, 1.807) is 32.8 Å². The van der Waals surface area contributed by atoms with Crippen molar-refractivity contribution in [1.29, 1.82) is 0 Å². The Balaban J connectivity index is 1.18. The number of methoxy groups -OCH3 is 1. The standard InChI is InChI=1S/C51H64N8O8S/c1-9-58-42-18-17-34-24-36(42)38(45(58)37-25-35(28-52-44(37)32(2)64-8)56-20-22-57(23-21-56)49(63)65-29-33-14-11-10-12-15-33)27-51(6,7)31-66-47(61)39-16-13-19-59(55-39)46(60)40(26-43-53-41(34)30-68-43)54-48(62)67-50(3,4)5/h10-12,14-15,17-18,24-25,28,30,32,39-40,55H,9,13,16,19-23,26-27,29,31H2,1-8H3,(H,54,62)/t32-,39-,40-/m0/s1. The lowest BCUT2D eigenvalue weighted by Crippen LogP contribution is -2.60. The first-order chi connectivity index (χ1) is 32.5. The van der Waals surface area contributed by atoms with E-state index >= 15 is 0 Å². The number of benzene rings is 2. The number of aryl methyl sites for hydroxylation is 1. The van der Waals surface area contributed by atoms with Gasteiger partial charge >= 0.3 is 18.2 Å². The Bertz CT molecular complexity index is 2630. The van der Waals surface area contributed by atoms with E-state index in [9.17, 15) is 19.2 Å². The van der Waals surface area contributed by atoms with Gasteiger partial charge in [-0.05, 0) is 83.2 Å². The van der Waals surface area contributed by atoms with Gasteiger partial charge in [-0.2, -0.15) is 0 Å². The highest BCUT2D eigenvalue weighted by molar-refractivity contribution is 7.10. The van der Waals surface area contributed by atoms with Crippen molar-refractivity contribution < 1.29 is 38.1 Å². The van der Waals surface area contributed by atoms with Gasteiger partial charge in [-0.1, -0.05) is 50.2 Å². The quantitative estimate of drug-likeness (QED) is 0.114. The first-order valence-electron chi connectivity index (χ1n) is 23.6. The van der Waals surface area contributed by atoms with Gasteiger partial charge in [0.05, 0.1) is 46.7 Å². The summed E-state index contributed by atoms with van der Waals surface area (Å²) in [6.07, 6.45) is 2.21. The lowest BCUT2D eigenvalue weighted by molar-refractivity contribution is -0.155. The van der Waals surface area contributed by atoms with Gasteiger partial charge in [0.1, 0.15) is 24.3 Å². The summed E-state index contributed by atoms with van der Waals surface area (Å²) < 4.78 is 25.7. The fraction of sp³-hybridized carbons (Fsp3) is 0.490. The molecule has 2 fully saturated rings. The molecule has 2 saturated heterocycles. The molecule has 17 heteroatoms. The van der Waals surface area contributed by atoms with Crippen molar-refractivity contribution in [1.82, 2.24) is 35.2 Å². The minimum absolute atomic E-state index is 0.116. The number of carbonyl (C=O) groups is 4. The molecular formula is C51H64N8O8S. The Kier molecular flexibility index (Phi) is 14.4. The van der Waals surface area contributed by atoms with Crippen LogP contribution in [-0.4, -0.2) is 113 Å². The van der Waals surface area contributed by atoms with Crippen molar-refractivity contribution in [3.05, 3.63) is 88.0 Å². The van der Waals surface area contributed by atoms with Crippen LogP contribution in [0.25, 0.3) is 33.4 Å². The van der Waals surface area contributed by atoms with E-state index in [1.165, 1.54) is 16.3 Å². The number of nitrogens with zero attached hydrogens (tertiary/aromatic N) is 6. The summed E-state index contributed by atoms with van der Waals surface area (Å²) in [7, 11) is 1.69. The first kappa shape index (κ1) is 48.4. The van der Waals surface area contributed by atoms with E-state index in [0.717, 1.165) is 55.9 Å². The van der Waals surface area contributed by atoms with Gasteiger partial charge in [-0.15, -0.1) is 11.3 Å². The molecule has 2 aromatic carbocycles. The Morgan fingerprint density at radius 1 is 1.04 bits per heavy atom. The molecule has 0 radical (unpaired) electrons. The van der Waals surface area contributed by atoms with Crippen molar-refractivity contribution in [3.63, 3.8) is 0 Å². The van der Waals surface area contributed by atoms with Crippen molar-refractivity contribution in [2.75, 3.05) is 51.3 Å². The summed E-state index contributed by atoms with van der Waals surface area (Å²) in [6.45, 7) is 17.2. The van der Waals surface area contributed by atoms with E-state index < -0.39 is 41.1 Å². The number of ether oxygens (including phenoxy) is 4. The number of alkyl carbamates (subject to hydrolysis) is 1. The monoisotopic (exact) mass is 948 g/mol. The lowest BCUT2D eigenvalue weighted by atomic mass is 9.84. The molecule has 3 aromatic heterocycles. The molecular weight excluding hydrogens is 885 g/mol. The van der Waals surface area contributed by atoms with Gasteiger partial charge in [0.25, 0.3) is 5.91 Å². The molecule has 2 N–H and O–H groups in total. The molecule has 0 spiro atoms. The zero-order valence-electron chi connectivity index (χ0n) is 40.4. The number of carbonyl (C=O) groups excluding carboxylic acids is 4. The van der Waals surface area contributed by atoms with Crippen molar-refractivity contribution in [3.8, 4) is 22.5 Å². The van der Waals surface area contributed by atoms with E-state index in [4.69, 9.17) is 28.9 Å². The summed E-state index contributed by atoms with van der Waals surface area (Å²) in [4.78, 5) is 68.5. The number of piperazine rings is 1. The number of amides is 3. The third kappa shape index (κ3) is 11.0. The average Bonchev–Trinajstić information content (AvgIpc) is 3.92. The van der Waals surface area contributed by atoms with Crippen LogP contribution in [0.4, 0.5) is 15.3 Å². The topological polar surface area (TPSA) is 170 Å². The summed E-state index contributed by atoms with van der Waals surface area (Å²) in [5, 5.41) is 7.88. The fourth-order valence-corrected chi connectivity index (χ4v) is 10.0. The number of esters is 1. The maximum atomic E-state index is 14.2. The normalized spacial score (nSPS) is 19.6. The van der Waals surface area contributed by atoms with E-state index in [-0.39, 0.29) is 31.8 Å². The molecule has 0 aliphatic carbocycles. The van der Waals surface area contributed by atoms with E-state index in [2.05, 4.69) is 65.2 Å². The molecule has 0 unspecified atom stereocenters. The van der Waals surface area contributed by atoms with Crippen molar-refractivity contribution in [2.24, 2.45) is 5.41 Å². The highest BCUT2D eigenvalue weighted by Gasteiger charge is 2.37. The lowest BCUT2D eigenvalue weighted by Gasteiger charge is -2.36. The van der Waals surface area contributed by atoms with Crippen LogP contribution in [0.5, 0.6) is 0 Å². The van der Waals surface area contributed by atoms with Crippen molar-refractivity contribution in [2.45, 2.75) is 111 Å². The van der Waals surface area contributed by atoms with Crippen LogP contribution in [-0.2, 0) is 54.5 Å². The largest absolute Gasteiger partial charge is 0.464 e. The molecule has 6 bridgehead atoms. The minimum atomic E-state index is -1.02. The molecule has 3 amide bonds. The summed E-state index contributed by atoms with van der Waals surface area (Å²) >= 11 is 1.42. The zero-order valence-corrected chi connectivity index (χ0v) is 41.2. The van der Waals surface area contributed by atoms with E-state index in [0.29, 0.717) is 63.5 Å². The molecule has 16 nitrogen and oxygen atoms in total. The minimum Gasteiger partial charge on any atom is -0.464 e. The van der Waals surface area contributed by atoms with Gasteiger partial charge in [0.15, 0.2) is 0 Å². The Labute approximate surface area is 402 Å². The van der Waals surface area contributed by atoms with Crippen LogP contribution < -0.4 is 15.6 Å². The molecule has 362 valence electrons. The Hall–Kier alpha value is -6.04. The summed E-state index contributed by atoms with van der Waals surface area (Å²) in [6, 6.07) is 16.5. The number of hydrogen-bond acceptors (Lipinski definition) is 13. The molecule has 68 heavy (non-hydrogen) atoms. The molecule has 0 saturated carbocycles. The maximum Gasteiger partial charge on any atom is 0.410 e. The Morgan fingerprint density at radius 3 is 2.53 bits per heavy atom. The number of cyclic esters (lactones) is 1. The van der Waals surface area contributed by atoms with Crippen LogP contribution >= 0.6 is 11.3 Å². The second-order valence-corrected chi connectivity index (χ2v) is 20.6. The number of thiazole rings is 1. The van der Waals surface area contributed by atoms with E-state index in [1.807, 2.05) is 48.8 Å². The number of anilines is 1. The van der Waals surface area contributed by atoms with Crippen molar-refractivity contribution >= 4 is 52.0 Å². The SMILES string of the molecule is CCn1c(-c2cc(N3CCN(C(=O)OCc4ccccc4)CC3)cnc2[C@H](C)OC)c2c3cc(ccc31)-c1csc(n1)C[C@H](NC(=O)OC(C)(C)C)C(=O)N1CCC[C@H](N1)C(=O)OCC(C)(C)C2.